The highest BCUT2D eigenvalue weighted by molar-refractivity contribution is 6.30. The van der Waals surface area contributed by atoms with Crippen LogP contribution in [0.3, 0.4) is 0 Å². The Morgan fingerprint density at radius 3 is 2.76 bits per heavy atom. The molecule has 7 rings (SSSR count). The molecule has 33 heavy (non-hydrogen) atoms. The lowest BCUT2D eigenvalue weighted by atomic mass is 9.41. The minimum atomic E-state index is -0.376. The Labute approximate surface area is 197 Å². The zero-order valence-corrected chi connectivity index (χ0v) is 19.6. The first-order valence-electron chi connectivity index (χ1n) is 11.5. The lowest BCUT2D eigenvalue weighted by molar-refractivity contribution is -0.0887. The molecule has 4 atom stereocenters. The Balaban J connectivity index is 1.44. The van der Waals surface area contributed by atoms with Crippen LogP contribution < -0.4 is 5.73 Å². The number of hydrogen-bond acceptors (Lipinski definition) is 4. The van der Waals surface area contributed by atoms with Gasteiger partial charge in [0.15, 0.2) is 5.96 Å². The second-order valence-corrected chi connectivity index (χ2v) is 10.6. The number of likely N-dealkylation sites (N-methyl/N-ethyl adjacent to an activating group) is 1. The second-order valence-electron chi connectivity index (χ2n) is 10.2. The predicted octanol–water partition coefficient (Wildman–Crippen LogP) is 4.30. The van der Waals surface area contributed by atoms with E-state index in [9.17, 15) is 4.39 Å². The molecule has 0 saturated heterocycles. The molecule has 4 unspecified atom stereocenters. The van der Waals surface area contributed by atoms with Crippen molar-refractivity contribution in [3.63, 3.8) is 0 Å². The van der Waals surface area contributed by atoms with Crippen molar-refractivity contribution in [3.8, 4) is 11.1 Å². The number of aromatic nitrogens is 2. The maximum atomic E-state index is 14.1. The van der Waals surface area contributed by atoms with Crippen molar-refractivity contribution in [1.29, 1.82) is 0 Å². The Hall–Kier alpha value is -2.86. The summed E-state index contributed by atoms with van der Waals surface area (Å²) in [6.45, 7) is 2.13. The molecule has 0 bridgehead atoms. The highest BCUT2D eigenvalue weighted by Crippen LogP contribution is 2.77. The number of aryl methyl sites for hydroxylation is 2. The van der Waals surface area contributed by atoms with Crippen LogP contribution in [0.1, 0.15) is 40.4 Å². The van der Waals surface area contributed by atoms with E-state index in [2.05, 4.69) is 48.8 Å². The number of nitrogens with zero attached hydrogens (tertiary/aromatic N) is 4. The van der Waals surface area contributed by atoms with Gasteiger partial charge in [-0.1, -0.05) is 23.7 Å². The van der Waals surface area contributed by atoms with Crippen LogP contribution in [0.2, 0.25) is 5.02 Å². The second kappa shape index (κ2) is 5.98. The van der Waals surface area contributed by atoms with E-state index < -0.39 is 0 Å². The van der Waals surface area contributed by atoms with Gasteiger partial charge in [0, 0.05) is 41.7 Å². The molecule has 1 fully saturated rings. The molecule has 168 valence electrons. The van der Waals surface area contributed by atoms with Gasteiger partial charge in [-0.3, -0.25) is 4.68 Å². The first-order chi connectivity index (χ1) is 15.8. The molecule has 0 amide bonds. The fourth-order valence-corrected chi connectivity index (χ4v) is 7.98. The van der Waals surface area contributed by atoms with Crippen molar-refractivity contribution in [1.82, 2.24) is 14.7 Å². The Bertz CT molecular complexity index is 1390. The summed E-state index contributed by atoms with van der Waals surface area (Å²) in [6, 6.07) is 11.4. The van der Waals surface area contributed by atoms with Gasteiger partial charge in [-0.15, -0.1) is 0 Å². The summed E-state index contributed by atoms with van der Waals surface area (Å²) in [5.41, 5.74) is 14.3. The topological polar surface area (TPSA) is 59.4 Å². The van der Waals surface area contributed by atoms with Gasteiger partial charge in [0.2, 0.25) is 0 Å². The van der Waals surface area contributed by atoms with E-state index in [4.69, 9.17) is 27.4 Å². The van der Waals surface area contributed by atoms with E-state index in [0.717, 1.165) is 36.1 Å². The van der Waals surface area contributed by atoms with Gasteiger partial charge in [-0.2, -0.15) is 5.10 Å². The van der Waals surface area contributed by atoms with Crippen LogP contribution in [0.15, 0.2) is 41.4 Å². The number of rotatable bonds is 1. The third-order valence-corrected chi connectivity index (χ3v) is 9.12. The summed E-state index contributed by atoms with van der Waals surface area (Å²) in [5.74, 6) is 0.608. The summed E-state index contributed by atoms with van der Waals surface area (Å²) in [4.78, 5) is 7.39. The van der Waals surface area contributed by atoms with Crippen molar-refractivity contribution in [2.24, 2.45) is 23.2 Å². The fourth-order valence-electron chi connectivity index (χ4n) is 7.75. The van der Waals surface area contributed by atoms with E-state index >= 15 is 0 Å². The number of benzene rings is 2. The molecule has 0 radical (unpaired) electrons. The predicted molar refractivity (Wildman–Crippen MR) is 127 cm³/mol. The van der Waals surface area contributed by atoms with Crippen molar-refractivity contribution in [2.75, 3.05) is 7.05 Å². The molecule has 3 aromatic rings. The largest absolute Gasteiger partial charge is 0.370 e. The number of fused-ring (bicyclic) bond motifs is 4. The number of hydrogen-bond donors (Lipinski definition) is 1. The van der Waals surface area contributed by atoms with Gasteiger partial charge in [-0.25, -0.2) is 9.38 Å². The van der Waals surface area contributed by atoms with E-state index in [0.29, 0.717) is 16.9 Å². The lowest BCUT2D eigenvalue weighted by Crippen LogP contribution is -2.70. The van der Waals surface area contributed by atoms with Crippen molar-refractivity contribution < 1.29 is 4.39 Å². The van der Waals surface area contributed by atoms with E-state index in [1.54, 1.807) is 6.07 Å². The molecule has 5 nitrogen and oxygen atoms in total. The molecule has 2 spiro atoms. The monoisotopic (exact) mass is 461 g/mol. The zero-order valence-electron chi connectivity index (χ0n) is 18.9. The smallest absolute Gasteiger partial charge is 0.192 e. The summed E-state index contributed by atoms with van der Waals surface area (Å²) in [6.07, 6.45) is 3.03. The van der Waals surface area contributed by atoms with Gasteiger partial charge in [0.1, 0.15) is 11.4 Å². The molecule has 3 aliphatic carbocycles. The SMILES string of the molecule is Cc1nn(C)c2c1C1C3N(C)C(N)=NC34c3cc(-c5cc(F)cc(Cl)c5)ccc3CC14CC2. The van der Waals surface area contributed by atoms with Gasteiger partial charge in [0.05, 0.1) is 11.7 Å². The van der Waals surface area contributed by atoms with Crippen molar-refractivity contribution in [3.05, 3.63) is 75.3 Å². The average molecular weight is 462 g/mol. The van der Waals surface area contributed by atoms with Gasteiger partial charge < -0.3 is 10.6 Å². The first kappa shape index (κ1) is 19.6. The van der Waals surface area contributed by atoms with Crippen LogP contribution in [0.25, 0.3) is 11.1 Å². The third-order valence-electron chi connectivity index (χ3n) is 8.90. The molecule has 7 heteroatoms. The Morgan fingerprint density at radius 2 is 1.97 bits per heavy atom. The molecular weight excluding hydrogens is 437 g/mol. The zero-order chi connectivity index (χ0) is 22.9. The van der Waals surface area contributed by atoms with Gasteiger partial charge in [0.25, 0.3) is 0 Å². The lowest BCUT2D eigenvalue weighted by Gasteiger charge is -2.65. The highest BCUT2D eigenvalue weighted by atomic mass is 35.5. The summed E-state index contributed by atoms with van der Waals surface area (Å²) >= 11 is 6.17. The van der Waals surface area contributed by atoms with Crippen molar-refractivity contribution >= 4 is 17.6 Å². The molecule has 1 saturated carbocycles. The van der Waals surface area contributed by atoms with E-state index in [1.807, 2.05) is 6.07 Å². The Kier molecular flexibility index (Phi) is 3.55. The number of nitrogens with two attached hydrogens (primary N) is 1. The molecule has 1 aliphatic heterocycles. The molecule has 2 N–H and O–H groups in total. The minimum absolute atomic E-state index is 0.00558. The van der Waals surface area contributed by atoms with Crippen molar-refractivity contribution in [2.45, 2.75) is 43.7 Å². The van der Waals surface area contributed by atoms with Crippen LogP contribution in [0.5, 0.6) is 0 Å². The van der Waals surface area contributed by atoms with Crippen LogP contribution in [0.4, 0.5) is 4.39 Å². The normalized spacial score (nSPS) is 30.7. The Morgan fingerprint density at radius 1 is 1.15 bits per heavy atom. The van der Waals surface area contributed by atoms with Gasteiger partial charge in [-0.05, 0) is 72.7 Å². The standard InChI is InChI=1S/C26H25ClFN5/c1-13-21-20(33(3)31-13)6-7-25-12-15-5-4-14(16-8-17(27)11-18(28)9-16)10-19(15)26(25)23(22(21)25)32(2)24(29)30-26/h4-5,8-11,22-23H,6-7,12H2,1-3H3,(H2,29,30). The molecule has 2 heterocycles. The van der Waals surface area contributed by atoms with Crippen LogP contribution in [0, 0.1) is 18.2 Å². The van der Waals surface area contributed by atoms with Crippen LogP contribution in [-0.4, -0.2) is 33.7 Å². The summed E-state index contributed by atoms with van der Waals surface area (Å²) in [5, 5.41) is 5.18. The first-order valence-corrected chi connectivity index (χ1v) is 11.8. The molecule has 1 aromatic heterocycles. The number of guanidine groups is 1. The van der Waals surface area contributed by atoms with Crippen LogP contribution in [-0.2, 0) is 25.4 Å². The van der Waals surface area contributed by atoms with Gasteiger partial charge >= 0.3 is 0 Å². The molecule has 4 aliphatic rings. The fraction of sp³-hybridized carbons (Fsp3) is 0.385. The summed E-state index contributed by atoms with van der Waals surface area (Å²) < 4.78 is 16.2. The highest BCUT2D eigenvalue weighted by Gasteiger charge is 2.80. The van der Waals surface area contributed by atoms with E-state index in [-0.39, 0.29) is 22.8 Å². The number of halogens is 2. The third kappa shape index (κ3) is 2.10. The van der Waals surface area contributed by atoms with E-state index in [1.165, 1.54) is 28.5 Å². The maximum Gasteiger partial charge on any atom is 0.192 e. The minimum Gasteiger partial charge on any atom is -0.370 e. The maximum absolute atomic E-state index is 14.1. The molecular formula is C26H25ClFN5. The quantitative estimate of drug-likeness (QED) is 0.587. The molecule has 2 aromatic carbocycles. The van der Waals surface area contributed by atoms with Crippen LogP contribution >= 0.6 is 11.6 Å². The number of aliphatic imine (C=N–C) groups is 1. The summed E-state index contributed by atoms with van der Waals surface area (Å²) in [7, 11) is 4.12. The average Bonchev–Trinajstić information content (AvgIpc) is 3.25.